The van der Waals surface area contributed by atoms with Gasteiger partial charge in [0.15, 0.2) is 0 Å². The molecule has 0 saturated heterocycles. The molecule has 0 aliphatic heterocycles. The van der Waals surface area contributed by atoms with Crippen molar-refractivity contribution in [3.63, 3.8) is 0 Å². The fourth-order valence-corrected chi connectivity index (χ4v) is 2.40. The SMILES string of the molecule is C/C=C/C=O.CC(I)I.CCOC(=O)Cc1cc[c-]cc1.Cc1ccoc(=O)c1-c1cc[c-]cc1.[CH3-].[CH3-].[Y].[Y]. The maximum Gasteiger partial charge on any atom is 0.341 e. The minimum Gasteiger partial charge on any atom is -0.466 e. The molecule has 0 saturated carbocycles. The van der Waals surface area contributed by atoms with Crippen molar-refractivity contribution in [3.05, 3.63) is 122 Å². The van der Waals surface area contributed by atoms with Gasteiger partial charge in [-0.2, -0.15) is 60.7 Å². The number of alkyl halides is 2. The van der Waals surface area contributed by atoms with Crippen LogP contribution in [0.3, 0.4) is 0 Å². The minimum absolute atomic E-state index is 0. The number of ether oxygens (including phenoxy) is 1. The first-order valence-corrected chi connectivity index (χ1v) is 13.3. The molecule has 3 aromatic rings. The van der Waals surface area contributed by atoms with Crippen LogP contribution in [0.2, 0.25) is 0 Å². The zero-order valence-electron chi connectivity index (χ0n) is 23.4. The van der Waals surface area contributed by atoms with E-state index in [0.29, 0.717) is 18.6 Å². The van der Waals surface area contributed by atoms with Crippen molar-refractivity contribution in [2.45, 2.75) is 36.0 Å². The van der Waals surface area contributed by atoms with Crippen LogP contribution in [-0.2, 0) is 86.2 Å². The normalized spacial score (nSPS) is 8.59. The van der Waals surface area contributed by atoms with E-state index in [1.807, 2.05) is 31.2 Å². The van der Waals surface area contributed by atoms with E-state index in [1.165, 1.54) is 12.3 Å². The first-order valence-electron chi connectivity index (χ1n) is 10.8. The van der Waals surface area contributed by atoms with Gasteiger partial charge in [0.05, 0.1) is 14.8 Å². The van der Waals surface area contributed by atoms with Crippen LogP contribution in [0.25, 0.3) is 11.1 Å². The third-order valence-electron chi connectivity index (χ3n) is 3.81. The number of rotatable bonds is 5. The summed E-state index contributed by atoms with van der Waals surface area (Å²) >= 11 is 4.66. The van der Waals surface area contributed by atoms with Gasteiger partial charge in [-0.3, -0.25) is 9.59 Å². The molecule has 0 unspecified atom stereocenters. The minimum atomic E-state index is -0.295. The van der Waals surface area contributed by atoms with Crippen molar-refractivity contribution in [3.8, 4) is 11.1 Å². The van der Waals surface area contributed by atoms with E-state index in [1.54, 1.807) is 50.3 Å². The maximum absolute atomic E-state index is 11.5. The molecular weight excluding hydrogens is 872 g/mol. The standard InChI is InChI=1S/C12H9O2.C10H11O2.C4H6O.C2H4I2.2CH3.2Y/c1-9-7-8-14-12(13)11(9)10-5-3-2-4-6-10;1-2-12-10(11)8-9-6-4-3-5-7-9;1-2-3-4-5;1-2(3)4;;;;/h3-8H,1H3;4-7H,2,8H2,1H3;2-4H,1H3;2H,1H3;2*1H3;;/q2*-1;;;2*-1;;/b;;3-2+;;;;;. The first-order chi connectivity index (χ1) is 16.8. The van der Waals surface area contributed by atoms with Crippen LogP contribution in [-0.4, -0.2) is 20.8 Å². The summed E-state index contributed by atoms with van der Waals surface area (Å²) in [6.07, 6.45) is 5.64. The molecule has 2 aromatic carbocycles. The number of aryl methyl sites for hydroxylation is 1. The van der Waals surface area contributed by atoms with E-state index in [0.717, 1.165) is 24.9 Å². The predicted molar refractivity (Wildman–Crippen MR) is 171 cm³/mol. The second kappa shape index (κ2) is 32.5. The molecule has 2 radical (unpaired) electrons. The summed E-state index contributed by atoms with van der Waals surface area (Å²) in [6, 6.07) is 22.1. The van der Waals surface area contributed by atoms with E-state index in [9.17, 15) is 14.4 Å². The summed E-state index contributed by atoms with van der Waals surface area (Å²) in [5, 5.41) is 0. The Balaban J connectivity index is -0.000000141. The molecule has 0 aliphatic rings. The summed E-state index contributed by atoms with van der Waals surface area (Å²) < 4.78 is 10.4. The van der Waals surface area contributed by atoms with Gasteiger partial charge in [-0.25, -0.2) is 4.79 Å². The molecule has 3 rings (SSSR count). The number of carbonyl (C=O) groups is 2. The summed E-state index contributed by atoms with van der Waals surface area (Å²) in [6.45, 7) is 8.08. The smallest absolute Gasteiger partial charge is 0.341 e. The monoisotopic (exact) mass is 908 g/mol. The van der Waals surface area contributed by atoms with Crippen molar-refractivity contribution >= 4 is 57.4 Å². The number of hydrogen-bond donors (Lipinski definition) is 0. The van der Waals surface area contributed by atoms with E-state index < -0.39 is 0 Å². The Morgan fingerprint density at radius 3 is 1.90 bits per heavy atom. The Hall–Kier alpha value is -0.0622. The van der Waals surface area contributed by atoms with Crippen molar-refractivity contribution in [2.24, 2.45) is 0 Å². The topological polar surface area (TPSA) is 73.6 Å². The molecule has 9 heteroatoms. The average Bonchev–Trinajstić information content (AvgIpc) is 2.82. The second-order valence-electron chi connectivity index (χ2n) is 6.63. The average molecular weight is 908 g/mol. The summed E-state index contributed by atoms with van der Waals surface area (Å²) in [7, 11) is 0. The molecule has 0 bridgehead atoms. The zero-order valence-corrected chi connectivity index (χ0v) is 33.4. The molecule has 1 heterocycles. The number of carbonyl (C=O) groups excluding carboxylic acids is 2. The zero-order chi connectivity index (χ0) is 26.5. The fraction of sp³-hybridized carbons (Fsp3) is 0.233. The molecule has 5 nitrogen and oxygen atoms in total. The van der Waals surface area contributed by atoms with Crippen LogP contribution in [0.5, 0.6) is 0 Å². The van der Waals surface area contributed by atoms with Gasteiger partial charge >= 0.3 is 11.6 Å². The quantitative estimate of drug-likeness (QED) is 0.0652. The van der Waals surface area contributed by atoms with Crippen LogP contribution in [0.4, 0.5) is 0 Å². The van der Waals surface area contributed by atoms with Crippen LogP contribution in [0.1, 0.15) is 31.9 Å². The number of benzene rings is 2. The summed E-state index contributed by atoms with van der Waals surface area (Å²) in [5.74, 6) is -0.177. The third kappa shape index (κ3) is 26.6. The molecule has 1 aromatic heterocycles. The molecule has 0 fully saturated rings. The molecule has 0 spiro atoms. The number of allylic oxidation sites excluding steroid dienone is 2. The number of hydrogen-bond acceptors (Lipinski definition) is 5. The molecule has 39 heavy (non-hydrogen) atoms. The van der Waals surface area contributed by atoms with Crippen molar-refractivity contribution < 1.29 is 84.2 Å². The Bertz CT molecular complexity index is 1050. The molecule has 0 aliphatic carbocycles. The number of esters is 1. The van der Waals surface area contributed by atoms with Crippen LogP contribution in [0.15, 0.2) is 82.2 Å². The Labute approximate surface area is 312 Å². The number of aldehydes is 1. The van der Waals surface area contributed by atoms with E-state index in [-0.39, 0.29) is 91.9 Å². The summed E-state index contributed by atoms with van der Waals surface area (Å²) in [4.78, 5) is 31.8. The molecule has 0 N–H and O–H groups in total. The van der Waals surface area contributed by atoms with Gasteiger partial charge in [-0.15, -0.1) is 11.1 Å². The van der Waals surface area contributed by atoms with Gasteiger partial charge in [-0.1, -0.05) is 51.3 Å². The summed E-state index contributed by atoms with van der Waals surface area (Å²) in [5.41, 5.74) is 3.09. The van der Waals surface area contributed by atoms with E-state index >= 15 is 0 Å². The Morgan fingerprint density at radius 2 is 1.51 bits per heavy atom. The van der Waals surface area contributed by atoms with Crippen LogP contribution in [0, 0.1) is 33.9 Å². The van der Waals surface area contributed by atoms with Crippen molar-refractivity contribution in [2.75, 3.05) is 6.61 Å². The Kier molecular flexibility index (Phi) is 40.5. The van der Waals surface area contributed by atoms with Crippen LogP contribution < -0.4 is 5.63 Å². The van der Waals surface area contributed by atoms with Gasteiger partial charge in [0.25, 0.3) is 0 Å². The Morgan fingerprint density at radius 1 is 1.03 bits per heavy atom. The van der Waals surface area contributed by atoms with E-state index in [2.05, 4.69) is 64.2 Å². The van der Waals surface area contributed by atoms with Gasteiger partial charge < -0.3 is 24.0 Å². The molecule has 210 valence electrons. The molecule has 0 atom stereocenters. The second-order valence-corrected chi connectivity index (χ2v) is 12.7. The van der Waals surface area contributed by atoms with Crippen LogP contribution >= 0.6 is 45.2 Å². The van der Waals surface area contributed by atoms with Gasteiger partial charge in [-0.05, 0) is 45.4 Å². The molecule has 0 amide bonds. The van der Waals surface area contributed by atoms with Gasteiger partial charge in [0.1, 0.15) is 6.29 Å². The fourth-order valence-electron chi connectivity index (χ4n) is 2.40. The van der Waals surface area contributed by atoms with Crippen molar-refractivity contribution in [1.29, 1.82) is 0 Å². The van der Waals surface area contributed by atoms with Gasteiger partial charge in [0.2, 0.25) is 0 Å². The van der Waals surface area contributed by atoms with Crippen molar-refractivity contribution in [1.82, 2.24) is 0 Å². The first kappa shape index (κ1) is 48.7. The number of halogens is 2. The van der Waals surface area contributed by atoms with Gasteiger partial charge in [0, 0.05) is 77.4 Å². The largest absolute Gasteiger partial charge is 0.466 e. The third-order valence-corrected chi connectivity index (χ3v) is 3.81. The predicted octanol–water partition coefficient (Wildman–Crippen LogP) is 7.87. The molecular formula is C30H36I2O5Y2-4. The maximum atomic E-state index is 11.5. The van der Waals surface area contributed by atoms with E-state index in [4.69, 9.17) is 9.15 Å².